The van der Waals surface area contributed by atoms with E-state index < -0.39 is 34.1 Å². The fourth-order valence-corrected chi connectivity index (χ4v) is 5.09. The van der Waals surface area contributed by atoms with Crippen LogP contribution in [0.4, 0.5) is 13.2 Å². The number of hydrogen-bond acceptors (Lipinski definition) is 4. The Hall–Kier alpha value is -3.08. The van der Waals surface area contributed by atoms with Crippen molar-refractivity contribution in [2.45, 2.75) is 23.7 Å². The van der Waals surface area contributed by atoms with Crippen LogP contribution in [0.15, 0.2) is 83.8 Å². The Morgan fingerprint density at radius 1 is 1.00 bits per heavy atom. The summed E-state index contributed by atoms with van der Waals surface area (Å²) in [7, 11) is -4.26. The van der Waals surface area contributed by atoms with E-state index in [4.69, 9.17) is 17.3 Å². The second-order valence-electron chi connectivity index (χ2n) is 7.23. The molecule has 0 aliphatic carbocycles. The van der Waals surface area contributed by atoms with Gasteiger partial charge in [-0.1, -0.05) is 54.1 Å². The van der Waals surface area contributed by atoms with Crippen LogP contribution in [0.5, 0.6) is 5.75 Å². The number of carbonyl (C=O) groups excluding carboxylic acids is 1. The number of benzene rings is 3. The van der Waals surface area contributed by atoms with E-state index in [2.05, 4.69) is 4.74 Å². The maximum Gasteiger partial charge on any atom is 0.573 e. The monoisotopic (exact) mass is 512 g/mol. The number of carbonyl (C=O) groups is 1. The first kappa shape index (κ1) is 25.5. The highest BCUT2D eigenvalue weighted by Crippen LogP contribution is 2.30. The molecule has 0 aromatic heterocycles. The lowest BCUT2D eigenvalue weighted by atomic mass is 10.1. The van der Waals surface area contributed by atoms with E-state index in [0.29, 0.717) is 16.1 Å². The van der Waals surface area contributed by atoms with Crippen LogP contribution in [0.2, 0.25) is 5.02 Å². The quantitative estimate of drug-likeness (QED) is 0.450. The molecular weight excluding hydrogens is 493 g/mol. The molecular formula is C23H20ClF3N2O4S. The van der Waals surface area contributed by atoms with Gasteiger partial charge < -0.3 is 10.5 Å². The highest BCUT2D eigenvalue weighted by Gasteiger charge is 2.36. The summed E-state index contributed by atoms with van der Waals surface area (Å²) in [5, 5.41) is 0.321. The predicted octanol–water partition coefficient (Wildman–Crippen LogP) is 4.70. The lowest BCUT2D eigenvalue weighted by Gasteiger charge is -2.29. The molecule has 1 unspecified atom stereocenters. The summed E-state index contributed by atoms with van der Waals surface area (Å²) in [5.41, 5.74) is 6.34. The molecule has 1 atom stereocenters. The molecule has 0 saturated heterocycles. The summed E-state index contributed by atoms with van der Waals surface area (Å²) >= 11 is 5.88. The van der Waals surface area contributed by atoms with Gasteiger partial charge in [-0.15, -0.1) is 13.2 Å². The Balaban J connectivity index is 1.99. The highest BCUT2D eigenvalue weighted by atomic mass is 35.5. The summed E-state index contributed by atoms with van der Waals surface area (Å²) in [6.07, 6.45) is -4.88. The molecule has 0 fully saturated rings. The largest absolute Gasteiger partial charge is 0.573 e. The van der Waals surface area contributed by atoms with Gasteiger partial charge in [0.1, 0.15) is 11.8 Å². The molecule has 0 heterocycles. The first-order valence-electron chi connectivity index (χ1n) is 9.94. The molecule has 2 N–H and O–H groups in total. The molecule has 34 heavy (non-hydrogen) atoms. The van der Waals surface area contributed by atoms with Crippen molar-refractivity contribution >= 4 is 27.5 Å². The minimum absolute atomic E-state index is 0.0154. The molecule has 3 rings (SSSR count). The maximum atomic E-state index is 13.5. The SMILES string of the molecule is NC(=O)C(c1ccccc1)N(CCc1cccc(OC(F)(F)F)c1)S(=O)(=O)c1ccc(Cl)cc1. The molecule has 3 aromatic carbocycles. The van der Waals surface area contributed by atoms with Gasteiger partial charge in [0.05, 0.1) is 4.90 Å². The average Bonchev–Trinajstić information content (AvgIpc) is 2.76. The zero-order chi connectivity index (χ0) is 24.9. The van der Waals surface area contributed by atoms with E-state index in [-0.39, 0.29) is 17.9 Å². The third-order valence-corrected chi connectivity index (χ3v) is 6.98. The van der Waals surface area contributed by atoms with Crippen LogP contribution in [0, 0.1) is 0 Å². The van der Waals surface area contributed by atoms with Gasteiger partial charge in [-0.05, 0) is 53.9 Å². The van der Waals surface area contributed by atoms with E-state index >= 15 is 0 Å². The lowest BCUT2D eigenvalue weighted by molar-refractivity contribution is -0.274. The van der Waals surface area contributed by atoms with Crippen molar-refractivity contribution in [1.29, 1.82) is 0 Å². The first-order chi connectivity index (χ1) is 16.0. The average molecular weight is 513 g/mol. The maximum absolute atomic E-state index is 13.5. The normalized spacial score (nSPS) is 13.0. The van der Waals surface area contributed by atoms with Gasteiger partial charge in [0.25, 0.3) is 0 Å². The van der Waals surface area contributed by atoms with Crippen LogP contribution in [0.25, 0.3) is 0 Å². The van der Waals surface area contributed by atoms with Crippen molar-refractivity contribution in [2.75, 3.05) is 6.54 Å². The number of halogens is 4. The van der Waals surface area contributed by atoms with Crippen LogP contribution < -0.4 is 10.5 Å². The van der Waals surface area contributed by atoms with E-state index in [9.17, 15) is 26.4 Å². The van der Waals surface area contributed by atoms with Gasteiger partial charge in [-0.2, -0.15) is 4.31 Å². The van der Waals surface area contributed by atoms with Crippen molar-refractivity contribution in [3.8, 4) is 5.75 Å². The molecule has 3 aromatic rings. The molecule has 0 aliphatic heterocycles. The molecule has 11 heteroatoms. The number of nitrogens with zero attached hydrogens (tertiary/aromatic N) is 1. The number of primary amides is 1. The smallest absolute Gasteiger partial charge is 0.406 e. The minimum atomic E-state index is -4.87. The van der Waals surface area contributed by atoms with E-state index in [1.54, 1.807) is 30.3 Å². The number of nitrogens with two attached hydrogens (primary N) is 1. The van der Waals surface area contributed by atoms with Crippen molar-refractivity contribution in [1.82, 2.24) is 4.31 Å². The van der Waals surface area contributed by atoms with Crippen LogP contribution in [-0.4, -0.2) is 31.5 Å². The Morgan fingerprint density at radius 2 is 1.65 bits per heavy atom. The Kier molecular flexibility index (Phi) is 7.86. The second kappa shape index (κ2) is 10.5. The van der Waals surface area contributed by atoms with E-state index in [0.717, 1.165) is 16.4 Å². The van der Waals surface area contributed by atoms with Crippen molar-refractivity contribution in [3.05, 3.63) is 95.0 Å². The summed E-state index contributed by atoms with van der Waals surface area (Å²) in [4.78, 5) is 12.3. The van der Waals surface area contributed by atoms with Crippen LogP contribution >= 0.6 is 11.6 Å². The summed E-state index contributed by atoms with van der Waals surface area (Å²) in [6, 6.07) is 17.3. The molecule has 6 nitrogen and oxygen atoms in total. The fourth-order valence-electron chi connectivity index (χ4n) is 3.38. The van der Waals surface area contributed by atoms with Crippen LogP contribution in [0.3, 0.4) is 0 Å². The van der Waals surface area contributed by atoms with Gasteiger partial charge in [-0.3, -0.25) is 4.79 Å². The molecule has 1 amide bonds. The number of rotatable bonds is 9. The van der Waals surface area contributed by atoms with Crippen molar-refractivity contribution in [3.63, 3.8) is 0 Å². The van der Waals surface area contributed by atoms with Gasteiger partial charge in [0.15, 0.2) is 0 Å². The third kappa shape index (κ3) is 6.49. The van der Waals surface area contributed by atoms with E-state index in [1.165, 1.54) is 36.4 Å². The molecule has 0 bridgehead atoms. The standard InChI is InChI=1S/C23H20ClF3N2O4S/c24-18-9-11-20(12-10-18)34(31,32)29(21(22(28)30)17-6-2-1-3-7-17)14-13-16-5-4-8-19(15-16)33-23(25,26)27/h1-12,15,21H,13-14H2,(H2,28,30). The third-order valence-electron chi connectivity index (χ3n) is 4.85. The number of hydrogen-bond donors (Lipinski definition) is 1. The Labute approximate surface area is 199 Å². The van der Waals surface area contributed by atoms with Gasteiger partial charge in [-0.25, -0.2) is 8.42 Å². The summed E-state index contributed by atoms with van der Waals surface area (Å²) in [6.45, 7) is -0.247. The molecule has 0 spiro atoms. The second-order valence-corrected chi connectivity index (χ2v) is 9.56. The topological polar surface area (TPSA) is 89.7 Å². The number of alkyl halides is 3. The summed E-state index contributed by atoms with van der Waals surface area (Å²) < 4.78 is 69.7. The number of ether oxygens (including phenoxy) is 1. The van der Waals surface area contributed by atoms with Crippen molar-refractivity contribution in [2.24, 2.45) is 5.73 Å². The zero-order valence-electron chi connectivity index (χ0n) is 17.6. The molecule has 0 radical (unpaired) electrons. The summed E-state index contributed by atoms with van der Waals surface area (Å²) in [5.74, 6) is -1.34. The first-order valence-corrected chi connectivity index (χ1v) is 11.8. The molecule has 180 valence electrons. The van der Waals surface area contributed by atoms with E-state index in [1.807, 2.05) is 0 Å². The van der Waals surface area contributed by atoms with Crippen LogP contribution in [0.1, 0.15) is 17.2 Å². The van der Waals surface area contributed by atoms with Crippen molar-refractivity contribution < 1.29 is 31.1 Å². The zero-order valence-corrected chi connectivity index (χ0v) is 19.1. The number of sulfonamides is 1. The Morgan fingerprint density at radius 3 is 2.24 bits per heavy atom. The fraction of sp³-hybridized carbons (Fsp3) is 0.174. The molecule has 0 saturated carbocycles. The van der Waals surface area contributed by atoms with Crippen LogP contribution in [-0.2, 0) is 21.2 Å². The minimum Gasteiger partial charge on any atom is -0.406 e. The number of amides is 1. The molecule has 0 aliphatic rings. The Bertz CT molecular complexity index is 1240. The lowest BCUT2D eigenvalue weighted by Crippen LogP contribution is -2.42. The van der Waals surface area contributed by atoms with Gasteiger partial charge in [0.2, 0.25) is 15.9 Å². The van der Waals surface area contributed by atoms with Gasteiger partial charge in [0, 0.05) is 11.6 Å². The highest BCUT2D eigenvalue weighted by molar-refractivity contribution is 7.89. The van der Waals surface area contributed by atoms with Gasteiger partial charge >= 0.3 is 6.36 Å². The predicted molar refractivity (Wildman–Crippen MR) is 121 cm³/mol.